The topological polar surface area (TPSA) is 73.6 Å². The number of hydrogen-bond donors (Lipinski definition) is 2. The molecular formula is C17H23ClN2O3. The third-order valence-electron chi connectivity index (χ3n) is 4.33. The van der Waals surface area contributed by atoms with Gasteiger partial charge < -0.3 is 20.5 Å². The van der Waals surface area contributed by atoms with Gasteiger partial charge in [-0.05, 0) is 50.0 Å². The molecule has 1 aliphatic carbocycles. The number of carbonyl (C=O) groups excluding carboxylic acids is 1. The molecule has 1 aromatic rings. The average molecular weight is 339 g/mol. The van der Waals surface area contributed by atoms with Gasteiger partial charge >= 0.3 is 0 Å². The lowest BCUT2D eigenvalue weighted by atomic mass is 9.91. The first-order valence-corrected chi connectivity index (χ1v) is 7.73. The van der Waals surface area contributed by atoms with Gasteiger partial charge in [-0.3, -0.25) is 4.79 Å². The maximum Gasteiger partial charge on any atom is 0.250 e. The van der Waals surface area contributed by atoms with Gasteiger partial charge in [-0.15, -0.1) is 12.4 Å². The summed E-state index contributed by atoms with van der Waals surface area (Å²) in [7, 11) is 1.62. The van der Waals surface area contributed by atoms with Crippen molar-refractivity contribution in [3.8, 4) is 11.5 Å². The number of methoxy groups -OCH3 is 1. The molecule has 1 fully saturated rings. The smallest absolute Gasteiger partial charge is 0.250 e. The number of rotatable bonds is 3. The highest BCUT2D eigenvalue weighted by Crippen LogP contribution is 2.30. The fourth-order valence-corrected chi connectivity index (χ4v) is 2.96. The van der Waals surface area contributed by atoms with E-state index in [-0.39, 0.29) is 30.4 Å². The molecule has 23 heavy (non-hydrogen) atoms. The number of ether oxygens (including phenoxy) is 2. The standard InChI is InChI=1S/C17H22N2O3.ClH/c1-21-15-6-7-16-11(9-15)8-12(10-22-16)17(20)19-14-4-2-13(18)3-5-14;/h6-9,13-14H,2-5,10,18H2,1H3,(H,19,20);1H. The lowest BCUT2D eigenvalue weighted by molar-refractivity contribution is -0.118. The molecule has 1 amide bonds. The molecule has 0 unspecified atom stereocenters. The fraction of sp³-hybridized carbons (Fsp3) is 0.471. The molecule has 0 aromatic heterocycles. The second-order valence-electron chi connectivity index (χ2n) is 5.95. The molecule has 0 spiro atoms. The van der Waals surface area contributed by atoms with E-state index in [4.69, 9.17) is 15.2 Å². The zero-order chi connectivity index (χ0) is 15.5. The summed E-state index contributed by atoms with van der Waals surface area (Å²) >= 11 is 0. The van der Waals surface area contributed by atoms with Crippen LogP contribution in [0.4, 0.5) is 0 Å². The first kappa shape index (κ1) is 17.6. The number of fused-ring (bicyclic) bond motifs is 1. The molecule has 1 saturated carbocycles. The van der Waals surface area contributed by atoms with E-state index in [1.54, 1.807) is 7.11 Å². The van der Waals surface area contributed by atoms with Crippen LogP contribution in [0.25, 0.3) is 6.08 Å². The molecule has 2 aliphatic rings. The monoisotopic (exact) mass is 338 g/mol. The molecule has 0 saturated heterocycles. The summed E-state index contributed by atoms with van der Waals surface area (Å²) in [6.45, 7) is 0.303. The van der Waals surface area contributed by atoms with Crippen molar-refractivity contribution in [2.24, 2.45) is 5.73 Å². The number of halogens is 1. The normalized spacial score (nSPS) is 22.8. The van der Waals surface area contributed by atoms with Gasteiger partial charge in [0.1, 0.15) is 18.1 Å². The number of nitrogens with two attached hydrogens (primary N) is 1. The summed E-state index contributed by atoms with van der Waals surface area (Å²) in [5, 5.41) is 3.09. The van der Waals surface area contributed by atoms with Crippen LogP contribution in [0.1, 0.15) is 31.2 Å². The van der Waals surface area contributed by atoms with Gasteiger partial charge in [0.2, 0.25) is 0 Å². The van der Waals surface area contributed by atoms with Crippen LogP contribution < -0.4 is 20.5 Å². The van der Waals surface area contributed by atoms with Gasteiger partial charge in [0.25, 0.3) is 5.91 Å². The Bertz CT molecular complexity index is 596. The molecule has 3 N–H and O–H groups in total. The van der Waals surface area contributed by atoms with E-state index in [9.17, 15) is 4.79 Å². The molecule has 0 atom stereocenters. The number of amides is 1. The minimum Gasteiger partial charge on any atom is -0.497 e. The highest BCUT2D eigenvalue weighted by Gasteiger charge is 2.23. The van der Waals surface area contributed by atoms with Crippen molar-refractivity contribution in [2.45, 2.75) is 37.8 Å². The molecule has 6 heteroatoms. The predicted molar refractivity (Wildman–Crippen MR) is 92.1 cm³/mol. The van der Waals surface area contributed by atoms with Crippen LogP contribution in [0.5, 0.6) is 11.5 Å². The summed E-state index contributed by atoms with van der Waals surface area (Å²) in [5.74, 6) is 1.48. The number of carbonyl (C=O) groups is 1. The third-order valence-corrected chi connectivity index (χ3v) is 4.33. The Labute approximate surface area is 142 Å². The van der Waals surface area contributed by atoms with Crippen LogP contribution in [0.2, 0.25) is 0 Å². The van der Waals surface area contributed by atoms with Crippen molar-refractivity contribution in [1.29, 1.82) is 0 Å². The van der Waals surface area contributed by atoms with Crippen LogP contribution >= 0.6 is 12.4 Å². The third kappa shape index (κ3) is 4.18. The van der Waals surface area contributed by atoms with Gasteiger partial charge in [0.05, 0.1) is 12.7 Å². The molecule has 1 heterocycles. The van der Waals surface area contributed by atoms with E-state index in [2.05, 4.69) is 5.32 Å². The largest absolute Gasteiger partial charge is 0.497 e. The Morgan fingerprint density at radius 1 is 1.30 bits per heavy atom. The molecule has 0 bridgehead atoms. The molecule has 0 radical (unpaired) electrons. The van der Waals surface area contributed by atoms with Gasteiger partial charge in [-0.2, -0.15) is 0 Å². The molecule has 1 aliphatic heterocycles. The predicted octanol–water partition coefficient (Wildman–Crippen LogP) is 2.28. The molecular weight excluding hydrogens is 316 g/mol. The summed E-state index contributed by atoms with van der Waals surface area (Å²) in [6.07, 6.45) is 5.73. The second kappa shape index (κ2) is 7.70. The SMILES string of the molecule is COc1ccc2c(c1)C=C(C(=O)NC1CCC(N)CC1)CO2.Cl. The summed E-state index contributed by atoms with van der Waals surface area (Å²) in [4.78, 5) is 12.4. The van der Waals surface area contributed by atoms with E-state index in [0.717, 1.165) is 42.7 Å². The quantitative estimate of drug-likeness (QED) is 0.886. The van der Waals surface area contributed by atoms with E-state index >= 15 is 0 Å². The van der Waals surface area contributed by atoms with Crippen LogP contribution in [0, 0.1) is 0 Å². The minimum atomic E-state index is -0.0473. The van der Waals surface area contributed by atoms with Crippen molar-refractivity contribution in [2.75, 3.05) is 13.7 Å². The van der Waals surface area contributed by atoms with Crippen LogP contribution in [-0.4, -0.2) is 31.7 Å². The van der Waals surface area contributed by atoms with E-state index in [0.29, 0.717) is 12.2 Å². The molecule has 5 nitrogen and oxygen atoms in total. The zero-order valence-electron chi connectivity index (χ0n) is 13.2. The number of nitrogens with one attached hydrogen (secondary N) is 1. The Kier molecular flexibility index (Phi) is 5.91. The Morgan fingerprint density at radius 3 is 2.74 bits per heavy atom. The lowest BCUT2D eigenvalue weighted by Gasteiger charge is -2.27. The summed E-state index contributed by atoms with van der Waals surface area (Å²) in [5.41, 5.74) is 7.42. The van der Waals surface area contributed by atoms with Crippen LogP contribution in [-0.2, 0) is 4.79 Å². The Morgan fingerprint density at radius 2 is 2.04 bits per heavy atom. The van der Waals surface area contributed by atoms with Crippen molar-refractivity contribution >= 4 is 24.4 Å². The van der Waals surface area contributed by atoms with Crippen LogP contribution in [0.3, 0.4) is 0 Å². The van der Waals surface area contributed by atoms with E-state index < -0.39 is 0 Å². The summed E-state index contributed by atoms with van der Waals surface area (Å²) < 4.78 is 10.9. The summed E-state index contributed by atoms with van der Waals surface area (Å²) in [6, 6.07) is 6.09. The maximum atomic E-state index is 12.4. The Hall–Kier alpha value is -1.72. The molecule has 3 rings (SSSR count). The number of benzene rings is 1. The van der Waals surface area contributed by atoms with Crippen molar-refractivity contribution in [3.05, 3.63) is 29.3 Å². The van der Waals surface area contributed by atoms with E-state index in [1.807, 2.05) is 24.3 Å². The van der Waals surface area contributed by atoms with Gasteiger partial charge in [-0.25, -0.2) is 0 Å². The van der Waals surface area contributed by atoms with Gasteiger partial charge in [0.15, 0.2) is 0 Å². The van der Waals surface area contributed by atoms with Crippen LogP contribution in [0.15, 0.2) is 23.8 Å². The lowest BCUT2D eigenvalue weighted by Crippen LogP contribution is -2.41. The highest BCUT2D eigenvalue weighted by molar-refractivity contribution is 5.99. The zero-order valence-corrected chi connectivity index (χ0v) is 14.0. The Balaban J connectivity index is 0.00000192. The first-order chi connectivity index (χ1) is 10.7. The maximum absolute atomic E-state index is 12.4. The average Bonchev–Trinajstić information content (AvgIpc) is 2.55. The second-order valence-corrected chi connectivity index (χ2v) is 5.95. The van der Waals surface area contributed by atoms with Crippen molar-refractivity contribution in [3.63, 3.8) is 0 Å². The van der Waals surface area contributed by atoms with Crippen molar-refractivity contribution < 1.29 is 14.3 Å². The fourth-order valence-electron chi connectivity index (χ4n) is 2.96. The highest BCUT2D eigenvalue weighted by atomic mass is 35.5. The molecule has 1 aromatic carbocycles. The minimum absolute atomic E-state index is 0. The first-order valence-electron chi connectivity index (χ1n) is 7.73. The number of hydrogen-bond acceptors (Lipinski definition) is 4. The van der Waals surface area contributed by atoms with Gasteiger partial charge in [-0.1, -0.05) is 0 Å². The van der Waals surface area contributed by atoms with Gasteiger partial charge in [0, 0.05) is 17.6 Å². The van der Waals surface area contributed by atoms with E-state index in [1.165, 1.54) is 0 Å². The van der Waals surface area contributed by atoms with Crippen molar-refractivity contribution in [1.82, 2.24) is 5.32 Å². The molecule has 126 valence electrons.